The fourth-order valence-corrected chi connectivity index (χ4v) is 6.89. The van der Waals surface area contributed by atoms with Crippen LogP contribution in [0.15, 0.2) is 112 Å². The van der Waals surface area contributed by atoms with Gasteiger partial charge in [-0.1, -0.05) is 95.1 Å². The molecule has 0 spiro atoms. The number of ether oxygens (including phenoxy) is 1. The lowest BCUT2D eigenvalue weighted by molar-refractivity contribution is -0.140. The molecule has 0 fully saturated rings. The number of carbonyl (C=O) groups excluding carboxylic acids is 2. The van der Waals surface area contributed by atoms with Crippen molar-refractivity contribution >= 4 is 43.5 Å². The Balaban J connectivity index is 1.84. The molecule has 0 aliphatic rings. The first kappa shape index (κ1) is 34.7. The lowest BCUT2D eigenvalue weighted by Crippen LogP contribution is -2.54. The summed E-state index contributed by atoms with van der Waals surface area (Å²) >= 11 is 3.51. The average molecular weight is 707 g/mol. The summed E-state index contributed by atoms with van der Waals surface area (Å²) in [6.45, 7) is 5.27. The van der Waals surface area contributed by atoms with Crippen molar-refractivity contribution in [1.29, 1.82) is 0 Å². The van der Waals surface area contributed by atoms with Gasteiger partial charge in [-0.25, -0.2) is 8.42 Å². The summed E-state index contributed by atoms with van der Waals surface area (Å²) in [6, 6.07) is 29.1. The molecule has 4 aromatic carbocycles. The highest BCUT2D eigenvalue weighted by molar-refractivity contribution is 9.10. The number of rotatable bonds is 14. The first-order valence-electron chi connectivity index (χ1n) is 15.1. The molecular formula is C36H40BrN3O5S. The number of aryl methyl sites for hydroxylation is 1. The van der Waals surface area contributed by atoms with Crippen LogP contribution < -0.4 is 14.4 Å². The number of hydrogen-bond donors (Lipinski definition) is 1. The number of carbonyl (C=O) groups is 2. The van der Waals surface area contributed by atoms with Gasteiger partial charge in [0.05, 0.1) is 17.7 Å². The van der Waals surface area contributed by atoms with E-state index in [1.165, 1.54) is 24.1 Å². The third-order valence-corrected chi connectivity index (χ3v) is 10.0. The minimum Gasteiger partial charge on any atom is -0.495 e. The minimum absolute atomic E-state index is 0.0331. The van der Waals surface area contributed by atoms with Crippen molar-refractivity contribution in [2.45, 2.75) is 57.1 Å². The molecular weight excluding hydrogens is 666 g/mol. The predicted molar refractivity (Wildman–Crippen MR) is 185 cm³/mol. The number of nitrogens with one attached hydrogen (secondary N) is 1. The van der Waals surface area contributed by atoms with Gasteiger partial charge >= 0.3 is 0 Å². The summed E-state index contributed by atoms with van der Waals surface area (Å²) in [5, 5.41) is 3.05. The summed E-state index contributed by atoms with van der Waals surface area (Å²) < 4.78 is 36.0. The van der Waals surface area contributed by atoms with Gasteiger partial charge < -0.3 is 15.0 Å². The van der Waals surface area contributed by atoms with E-state index in [0.717, 1.165) is 25.5 Å². The number of nitrogens with zero attached hydrogens (tertiary/aromatic N) is 2. The van der Waals surface area contributed by atoms with Gasteiger partial charge in [0, 0.05) is 23.5 Å². The number of methoxy groups -OCH3 is 1. The molecule has 4 aromatic rings. The molecule has 4 rings (SSSR count). The van der Waals surface area contributed by atoms with Gasteiger partial charge in [0.2, 0.25) is 11.8 Å². The van der Waals surface area contributed by atoms with Crippen LogP contribution in [0.3, 0.4) is 0 Å². The molecule has 0 saturated carbocycles. The zero-order valence-corrected chi connectivity index (χ0v) is 28.9. The van der Waals surface area contributed by atoms with Gasteiger partial charge in [-0.2, -0.15) is 0 Å². The standard InChI is InChI=1S/C36H40BrN3O5S/c1-5-27(3)38-36(42)33(23-28-12-7-6-8-13-28)39(24-29-14-11-15-30(37)22-29)35(41)25-40(32-16-9-10-17-34(32)45-4)46(43,44)31-20-18-26(2)19-21-31/h6-22,27,33H,5,23-25H2,1-4H3,(H,38,42)/t27-,33-/m0/s1. The molecule has 0 radical (unpaired) electrons. The second kappa shape index (κ2) is 15.9. The quantitative estimate of drug-likeness (QED) is 0.161. The lowest BCUT2D eigenvalue weighted by Gasteiger charge is -2.34. The third kappa shape index (κ3) is 8.76. The van der Waals surface area contributed by atoms with Crippen molar-refractivity contribution < 1.29 is 22.7 Å². The van der Waals surface area contributed by atoms with Crippen LogP contribution in [0.4, 0.5) is 5.69 Å². The van der Waals surface area contributed by atoms with Crippen molar-refractivity contribution in [2.75, 3.05) is 18.0 Å². The Bertz CT molecular complexity index is 1730. The monoisotopic (exact) mass is 705 g/mol. The fraction of sp³-hybridized carbons (Fsp3) is 0.278. The fourth-order valence-electron chi connectivity index (χ4n) is 5.01. The van der Waals surface area contributed by atoms with Crippen molar-refractivity contribution in [3.63, 3.8) is 0 Å². The maximum Gasteiger partial charge on any atom is 0.264 e. The molecule has 0 bridgehead atoms. The van der Waals surface area contributed by atoms with Crippen molar-refractivity contribution in [3.05, 3.63) is 124 Å². The summed E-state index contributed by atoms with van der Waals surface area (Å²) in [5.41, 5.74) is 2.76. The SMILES string of the molecule is CC[C@H](C)NC(=O)[C@H](Cc1ccccc1)N(Cc1cccc(Br)c1)C(=O)CN(c1ccccc1OC)S(=O)(=O)c1ccc(C)cc1. The molecule has 0 heterocycles. The van der Waals surface area contributed by atoms with E-state index < -0.39 is 28.5 Å². The number of anilines is 1. The molecule has 2 amide bonds. The number of halogens is 1. The van der Waals surface area contributed by atoms with E-state index in [1.54, 1.807) is 36.4 Å². The molecule has 242 valence electrons. The molecule has 1 N–H and O–H groups in total. The van der Waals surface area contributed by atoms with E-state index in [-0.39, 0.29) is 35.5 Å². The second-order valence-corrected chi connectivity index (χ2v) is 13.9. The largest absolute Gasteiger partial charge is 0.495 e. The molecule has 2 atom stereocenters. The number of para-hydroxylation sites is 2. The van der Waals surface area contributed by atoms with Crippen LogP contribution in [0.5, 0.6) is 5.75 Å². The smallest absolute Gasteiger partial charge is 0.264 e. The Morgan fingerprint density at radius 2 is 1.54 bits per heavy atom. The molecule has 0 unspecified atom stereocenters. The Kier molecular flexibility index (Phi) is 12.0. The molecule has 10 heteroatoms. The maximum absolute atomic E-state index is 14.6. The van der Waals surface area contributed by atoms with Gasteiger partial charge in [0.15, 0.2) is 0 Å². The van der Waals surface area contributed by atoms with Gasteiger partial charge in [0.1, 0.15) is 18.3 Å². The third-order valence-electron chi connectivity index (χ3n) is 7.76. The predicted octanol–water partition coefficient (Wildman–Crippen LogP) is 6.52. The van der Waals surface area contributed by atoms with Crippen molar-refractivity contribution in [1.82, 2.24) is 10.2 Å². The van der Waals surface area contributed by atoms with Crippen LogP contribution in [-0.4, -0.2) is 50.9 Å². The van der Waals surface area contributed by atoms with Crippen LogP contribution in [0.25, 0.3) is 0 Å². The highest BCUT2D eigenvalue weighted by Gasteiger charge is 2.35. The Morgan fingerprint density at radius 1 is 0.891 bits per heavy atom. The molecule has 46 heavy (non-hydrogen) atoms. The Morgan fingerprint density at radius 3 is 2.20 bits per heavy atom. The van der Waals surface area contributed by atoms with Crippen LogP contribution in [0, 0.1) is 6.92 Å². The van der Waals surface area contributed by atoms with Gasteiger partial charge in [-0.15, -0.1) is 0 Å². The molecule has 0 aliphatic heterocycles. The number of benzene rings is 4. The molecule has 0 saturated heterocycles. The van der Waals surface area contributed by atoms with Gasteiger partial charge in [-0.05, 0) is 67.8 Å². The van der Waals surface area contributed by atoms with E-state index in [0.29, 0.717) is 12.2 Å². The number of sulfonamides is 1. The Labute approximate surface area is 280 Å². The van der Waals surface area contributed by atoms with E-state index >= 15 is 0 Å². The number of hydrogen-bond acceptors (Lipinski definition) is 5. The average Bonchev–Trinajstić information content (AvgIpc) is 3.05. The summed E-state index contributed by atoms with van der Waals surface area (Å²) in [5.74, 6) is -0.562. The maximum atomic E-state index is 14.6. The molecule has 0 aliphatic carbocycles. The molecule has 8 nitrogen and oxygen atoms in total. The van der Waals surface area contributed by atoms with E-state index in [4.69, 9.17) is 4.74 Å². The molecule has 0 aromatic heterocycles. The Hall–Kier alpha value is -4.15. The van der Waals surface area contributed by atoms with Crippen molar-refractivity contribution in [2.24, 2.45) is 0 Å². The lowest BCUT2D eigenvalue weighted by atomic mass is 10.0. The second-order valence-electron chi connectivity index (χ2n) is 11.2. The van der Waals surface area contributed by atoms with Gasteiger partial charge in [0.25, 0.3) is 10.0 Å². The van der Waals surface area contributed by atoms with E-state index in [1.807, 2.05) is 75.4 Å². The summed E-state index contributed by atoms with van der Waals surface area (Å²) in [7, 11) is -2.79. The minimum atomic E-state index is -4.24. The highest BCUT2D eigenvalue weighted by Crippen LogP contribution is 2.33. The normalized spacial score (nSPS) is 12.5. The number of amides is 2. The zero-order chi connectivity index (χ0) is 33.3. The zero-order valence-electron chi connectivity index (χ0n) is 26.5. The summed E-state index contributed by atoms with van der Waals surface area (Å²) in [4.78, 5) is 30.1. The van der Waals surface area contributed by atoms with Crippen LogP contribution >= 0.6 is 15.9 Å². The topological polar surface area (TPSA) is 96.0 Å². The highest BCUT2D eigenvalue weighted by atomic mass is 79.9. The van der Waals surface area contributed by atoms with E-state index in [9.17, 15) is 18.0 Å². The van der Waals surface area contributed by atoms with E-state index in [2.05, 4.69) is 21.2 Å². The first-order valence-corrected chi connectivity index (χ1v) is 17.4. The van der Waals surface area contributed by atoms with Gasteiger partial charge in [-0.3, -0.25) is 13.9 Å². The van der Waals surface area contributed by atoms with Crippen LogP contribution in [-0.2, 0) is 32.6 Å². The first-order chi connectivity index (χ1) is 22.0. The van der Waals surface area contributed by atoms with Crippen LogP contribution in [0.1, 0.15) is 37.0 Å². The van der Waals surface area contributed by atoms with Crippen molar-refractivity contribution in [3.8, 4) is 5.75 Å². The van der Waals surface area contributed by atoms with Crippen LogP contribution in [0.2, 0.25) is 0 Å². The summed E-state index contributed by atoms with van der Waals surface area (Å²) in [6.07, 6.45) is 0.946.